The highest BCUT2D eigenvalue weighted by Gasteiger charge is 2.53. The van der Waals surface area contributed by atoms with Crippen LogP contribution in [0.3, 0.4) is 0 Å². The second-order valence-corrected chi connectivity index (χ2v) is 17.6. The second kappa shape index (κ2) is 20.7. The van der Waals surface area contributed by atoms with Crippen LogP contribution < -0.4 is 0 Å². The van der Waals surface area contributed by atoms with Crippen molar-refractivity contribution in [3.05, 3.63) is 0 Å². The maximum atomic E-state index is 15.2. The molecular formula is C41H77N3O8. The molecule has 0 amide bonds. The predicted octanol–water partition coefficient (Wildman–Crippen LogP) is 5.14. The summed E-state index contributed by atoms with van der Waals surface area (Å²) < 4.78 is 26.0. The standard InChI is InChI=1S/C41H77N3O8/c1-12-17-34(45)33-27-49-39(48)40(6,20-21-43(10)26-31-18-15-14-16-19-31)36(47)30(5)37(41(7,50-22-13-2)24-28(3)25-44(33)11)52-38-35(46)32(42(8)9)23-29(4)51-38/h28-35,37-38,45-46H,12-27H2,1-11H3/t28-,29-,30+,32+,33?,34-,35-,37-,38+,40-,41-/m1/s1. The predicted molar refractivity (Wildman–Crippen MR) is 205 cm³/mol. The maximum Gasteiger partial charge on any atom is 0.319 e. The number of likely N-dealkylation sites (N-methyl/N-ethyl adjacent to an activating group) is 2. The molecule has 11 nitrogen and oxygen atoms in total. The van der Waals surface area contributed by atoms with Crippen molar-refractivity contribution in [2.24, 2.45) is 23.2 Å². The minimum absolute atomic E-state index is 0.00612. The molecule has 3 fully saturated rings. The van der Waals surface area contributed by atoms with Gasteiger partial charge in [-0.05, 0) is 112 Å². The molecule has 3 rings (SSSR count). The number of carbonyl (C=O) groups excluding carboxylic acids is 2. The molecule has 1 aliphatic carbocycles. The van der Waals surface area contributed by atoms with E-state index in [2.05, 4.69) is 30.7 Å². The number of hydrogen-bond donors (Lipinski definition) is 2. The Morgan fingerprint density at radius 1 is 1.04 bits per heavy atom. The molecule has 2 saturated heterocycles. The number of aliphatic hydroxyl groups excluding tert-OH is 2. The number of esters is 1. The molecule has 52 heavy (non-hydrogen) atoms. The number of aliphatic hydroxyl groups is 2. The van der Waals surface area contributed by atoms with Crippen LogP contribution >= 0.6 is 0 Å². The summed E-state index contributed by atoms with van der Waals surface area (Å²) in [6, 6.07) is -0.626. The summed E-state index contributed by atoms with van der Waals surface area (Å²) in [5.41, 5.74) is -2.46. The maximum absolute atomic E-state index is 15.2. The van der Waals surface area contributed by atoms with E-state index in [4.69, 9.17) is 18.9 Å². The van der Waals surface area contributed by atoms with E-state index in [-0.39, 0.29) is 36.9 Å². The van der Waals surface area contributed by atoms with E-state index in [0.29, 0.717) is 44.9 Å². The molecule has 1 saturated carbocycles. The molecule has 304 valence electrons. The fourth-order valence-electron chi connectivity index (χ4n) is 9.19. The number of hydrogen-bond acceptors (Lipinski definition) is 11. The van der Waals surface area contributed by atoms with Gasteiger partial charge in [0.05, 0.1) is 30.0 Å². The van der Waals surface area contributed by atoms with E-state index in [9.17, 15) is 15.0 Å². The monoisotopic (exact) mass is 740 g/mol. The van der Waals surface area contributed by atoms with Crippen molar-refractivity contribution < 1.29 is 38.7 Å². The van der Waals surface area contributed by atoms with Gasteiger partial charge in [-0.2, -0.15) is 0 Å². The minimum Gasteiger partial charge on any atom is -0.463 e. The third-order valence-corrected chi connectivity index (χ3v) is 12.3. The van der Waals surface area contributed by atoms with Gasteiger partial charge in [0.15, 0.2) is 12.1 Å². The van der Waals surface area contributed by atoms with Crippen LogP contribution in [0.5, 0.6) is 0 Å². The summed E-state index contributed by atoms with van der Waals surface area (Å²) in [5.74, 6) is -0.973. The number of carbonyl (C=O) groups is 2. The molecule has 11 heteroatoms. The van der Waals surface area contributed by atoms with Gasteiger partial charge in [-0.3, -0.25) is 14.5 Å². The summed E-state index contributed by atoms with van der Waals surface area (Å²) in [6.07, 6.45) is 6.16. The fourth-order valence-corrected chi connectivity index (χ4v) is 9.19. The summed E-state index contributed by atoms with van der Waals surface area (Å²) in [7, 11) is 7.92. The number of cyclic esters (lactones) is 1. The van der Waals surface area contributed by atoms with E-state index in [0.717, 1.165) is 19.4 Å². The van der Waals surface area contributed by atoms with Crippen LogP contribution in [0.1, 0.15) is 119 Å². The Morgan fingerprint density at radius 3 is 2.33 bits per heavy atom. The lowest BCUT2D eigenvalue weighted by Gasteiger charge is -2.47. The Kier molecular flexibility index (Phi) is 18.0. The van der Waals surface area contributed by atoms with Gasteiger partial charge >= 0.3 is 5.97 Å². The number of rotatable bonds is 14. The number of ketones is 1. The van der Waals surface area contributed by atoms with E-state index in [1.54, 1.807) is 6.92 Å². The molecule has 1 unspecified atom stereocenters. The van der Waals surface area contributed by atoms with Crippen molar-refractivity contribution in [2.75, 3.05) is 61.0 Å². The van der Waals surface area contributed by atoms with Gasteiger partial charge in [-0.1, -0.05) is 53.4 Å². The first-order valence-electron chi connectivity index (χ1n) is 20.5. The smallest absolute Gasteiger partial charge is 0.319 e. The molecule has 0 radical (unpaired) electrons. The van der Waals surface area contributed by atoms with Crippen LogP contribution in [0.4, 0.5) is 0 Å². The van der Waals surface area contributed by atoms with Crippen molar-refractivity contribution in [1.82, 2.24) is 14.7 Å². The highest BCUT2D eigenvalue weighted by molar-refractivity contribution is 6.04. The van der Waals surface area contributed by atoms with Crippen molar-refractivity contribution in [3.8, 4) is 0 Å². The van der Waals surface area contributed by atoms with Gasteiger partial charge in [0.1, 0.15) is 18.1 Å². The second-order valence-electron chi connectivity index (χ2n) is 17.6. The summed E-state index contributed by atoms with van der Waals surface area (Å²) >= 11 is 0. The normalized spacial score (nSPS) is 37.4. The molecule has 11 atom stereocenters. The van der Waals surface area contributed by atoms with E-state index in [1.807, 2.05) is 53.7 Å². The van der Waals surface area contributed by atoms with Crippen LogP contribution in [0, 0.1) is 23.2 Å². The van der Waals surface area contributed by atoms with Crippen LogP contribution in [0.2, 0.25) is 0 Å². The summed E-state index contributed by atoms with van der Waals surface area (Å²) in [5, 5.41) is 22.9. The fraction of sp³-hybridized carbons (Fsp3) is 0.951. The molecule has 3 aliphatic rings. The highest BCUT2D eigenvalue weighted by Crippen LogP contribution is 2.40. The topological polar surface area (TPSA) is 121 Å². The molecule has 0 bridgehead atoms. The molecule has 2 aliphatic heterocycles. The Balaban J connectivity index is 2.09. The van der Waals surface area contributed by atoms with Gasteiger partial charge in [0, 0.05) is 31.7 Å². The van der Waals surface area contributed by atoms with Gasteiger partial charge in [0.2, 0.25) is 0 Å². The third-order valence-electron chi connectivity index (χ3n) is 12.3. The van der Waals surface area contributed by atoms with Crippen LogP contribution in [0.15, 0.2) is 0 Å². The van der Waals surface area contributed by atoms with E-state index >= 15 is 4.79 Å². The average molecular weight is 740 g/mol. The lowest BCUT2D eigenvalue weighted by molar-refractivity contribution is -0.298. The van der Waals surface area contributed by atoms with Crippen molar-refractivity contribution >= 4 is 11.8 Å². The third kappa shape index (κ3) is 11.9. The number of ether oxygens (including phenoxy) is 4. The number of nitrogens with zero attached hydrogens (tertiary/aromatic N) is 3. The van der Waals surface area contributed by atoms with Crippen molar-refractivity contribution in [3.63, 3.8) is 0 Å². The van der Waals surface area contributed by atoms with E-state index < -0.39 is 53.5 Å². The first-order valence-corrected chi connectivity index (χ1v) is 20.5. The Bertz CT molecular complexity index is 1090. The lowest BCUT2D eigenvalue weighted by Crippen LogP contribution is -2.60. The van der Waals surface area contributed by atoms with Gasteiger partial charge in [-0.15, -0.1) is 0 Å². The van der Waals surface area contributed by atoms with Gasteiger partial charge in [0.25, 0.3) is 0 Å². The van der Waals surface area contributed by atoms with Crippen molar-refractivity contribution in [1.29, 1.82) is 0 Å². The summed E-state index contributed by atoms with van der Waals surface area (Å²) in [6.45, 7) is 16.3. The van der Waals surface area contributed by atoms with Crippen LogP contribution in [-0.2, 0) is 28.5 Å². The Morgan fingerprint density at radius 2 is 1.71 bits per heavy atom. The molecule has 0 aromatic rings. The molecule has 0 aromatic heterocycles. The SMILES string of the molecule is CCCO[C@]1(C)C[C@@H](C)CN(C)C([C@H](O)CCC)COC(=O)[C@](C)(CCN(C)CC2CCCCC2)C(=O)[C@H](C)[C@H]1O[C@@H]1O[C@H](C)C[C@H](N(C)C)[C@H]1O. The Labute approximate surface area is 316 Å². The zero-order chi connectivity index (χ0) is 38.8. The first-order chi connectivity index (χ1) is 24.5. The van der Waals surface area contributed by atoms with Crippen LogP contribution in [-0.4, -0.2) is 146 Å². The Hall–Kier alpha value is -1.18. The molecular weight excluding hydrogens is 662 g/mol. The van der Waals surface area contributed by atoms with Gasteiger partial charge < -0.3 is 39.0 Å². The first kappa shape index (κ1) is 45.2. The zero-order valence-electron chi connectivity index (χ0n) is 34.8. The molecule has 0 spiro atoms. The number of Topliss-reactive ketones (excluding diaryl/α,β-unsaturated/α-hetero) is 1. The van der Waals surface area contributed by atoms with Crippen molar-refractivity contribution in [2.45, 2.75) is 167 Å². The summed E-state index contributed by atoms with van der Waals surface area (Å²) in [4.78, 5) is 35.9. The minimum atomic E-state index is -1.49. The quantitative estimate of drug-likeness (QED) is 0.182. The largest absolute Gasteiger partial charge is 0.463 e. The lowest BCUT2D eigenvalue weighted by atomic mass is 9.71. The molecule has 2 heterocycles. The molecule has 0 aromatic carbocycles. The highest BCUT2D eigenvalue weighted by atomic mass is 16.7. The zero-order valence-corrected chi connectivity index (χ0v) is 34.8. The average Bonchev–Trinajstić information content (AvgIpc) is 3.09. The van der Waals surface area contributed by atoms with E-state index in [1.165, 1.54) is 32.1 Å². The van der Waals surface area contributed by atoms with Crippen LogP contribution in [0.25, 0.3) is 0 Å². The van der Waals surface area contributed by atoms with Gasteiger partial charge in [-0.25, -0.2) is 0 Å². The molecule has 2 N–H and O–H groups in total.